The molecule has 0 bridgehead atoms. The zero-order valence-corrected chi connectivity index (χ0v) is 16.5. The van der Waals surface area contributed by atoms with E-state index in [1.807, 2.05) is 0 Å². The highest BCUT2D eigenvalue weighted by atomic mass is 16.5. The molecular formula is C21H39N3O2. The first-order valence-corrected chi connectivity index (χ1v) is 10.9. The Morgan fingerprint density at radius 2 is 1.58 bits per heavy atom. The maximum Gasteiger partial charge on any atom is 0.233 e. The summed E-state index contributed by atoms with van der Waals surface area (Å²) in [7, 11) is 0. The van der Waals surface area contributed by atoms with Crippen LogP contribution < -0.4 is 11.1 Å². The number of unbranched alkanes of at least 4 members (excludes halogenated alkanes) is 7. The molecule has 2 fully saturated rings. The zero-order valence-electron chi connectivity index (χ0n) is 16.5. The second-order valence-corrected chi connectivity index (χ2v) is 8.31. The van der Waals surface area contributed by atoms with E-state index in [1.165, 1.54) is 64.2 Å². The lowest BCUT2D eigenvalue weighted by atomic mass is 10.0. The van der Waals surface area contributed by atoms with Crippen molar-refractivity contribution < 1.29 is 9.53 Å². The van der Waals surface area contributed by atoms with Crippen molar-refractivity contribution in [2.75, 3.05) is 19.8 Å². The molecule has 0 aromatic heterocycles. The van der Waals surface area contributed by atoms with Gasteiger partial charge < -0.3 is 15.8 Å². The lowest BCUT2D eigenvalue weighted by Crippen LogP contribution is -2.40. The predicted octanol–water partition coefficient (Wildman–Crippen LogP) is 4.15. The van der Waals surface area contributed by atoms with Gasteiger partial charge in [0.15, 0.2) is 0 Å². The molecule has 0 aliphatic heterocycles. The highest BCUT2D eigenvalue weighted by Crippen LogP contribution is 2.45. The van der Waals surface area contributed by atoms with Crippen LogP contribution in [0.5, 0.6) is 0 Å². The average Bonchev–Trinajstić information content (AvgIpc) is 3.29. The zero-order chi connectivity index (χ0) is 18.7. The second kappa shape index (κ2) is 11.6. The molecule has 5 heteroatoms. The van der Waals surface area contributed by atoms with Crippen LogP contribution in [0.3, 0.4) is 0 Å². The summed E-state index contributed by atoms with van der Waals surface area (Å²) in [6.07, 6.45) is 16.9. The Kier molecular flexibility index (Phi) is 9.44. The number of hydrogen-bond donors (Lipinski definition) is 3. The van der Waals surface area contributed by atoms with E-state index in [0.29, 0.717) is 6.54 Å². The standard InChI is InChI=1S/C21H39N3O2/c22-19(23)21(13-14-21)20(25)24-15-9-5-3-1-2-4-6-10-16-26-17-18-11-7-8-12-18/h18H,1-17H2,(H3,22,23)(H,24,25). The van der Waals surface area contributed by atoms with Crippen molar-refractivity contribution in [3.63, 3.8) is 0 Å². The first-order valence-electron chi connectivity index (χ1n) is 10.9. The van der Waals surface area contributed by atoms with Gasteiger partial charge in [0, 0.05) is 19.8 Å². The molecule has 0 aromatic rings. The topological polar surface area (TPSA) is 88.2 Å². The summed E-state index contributed by atoms with van der Waals surface area (Å²) in [5, 5.41) is 10.4. The van der Waals surface area contributed by atoms with Crippen LogP contribution in [0.1, 0.15) is 89.9 Å². The van der Waals surface area contributed by atoms with E-state index in [2.05, 4.69) is 5.32 Å². The number of nitrogens with one attached hydrogen (secondary N) is 2. The second-order valence-electron chi connectivity index (χ2n) is 8.31. The number of carbonyl (C=O) groups is 1. The van der Waals surface area contributed by atoms with Gasteiger partial charge in [-0.1, -0.05) is 51.4 Å². The molecule has 2 aliphatic carbocycles. The Morgan fingerprint density at radius 3 is 2.15 bits per heavy atom. The number of amides is 1. The van der Waals surface area contributed by atoms with Gasteiger partial charge in [-0.15, -0.1) is 0 Å². The fraction of sp³-hybridized carbons (Fsp3) is 0.905. The highest BCUT2D eigenvalue weighted by molar-refractivity contribution is 6.08. The SMILES string of the molecule is N=C(N)C1(C(=O)NCCCCCCCCCCOCC2CCCC2)CC1. The van der Waals surface area contributed by atoms with Gasteiger partial charge in [-0.05, 0) is 44.4 Å². The molecule has 0 unspecified atom stereocenters. The van der Waals surface area contributed by atoms with Crippen molar-refractivity contribution in [3.05, 3.63) is 0 Å². The Bertz CT molecular complexity index is 429. The summed E-state index contributed by atoms with van der Waals surface area (Å²) in [5.74, 6) is 0.830. The number of hydrogen-bond acceptors (Lipinski definition) is 3. The maximum absolute atomic E-state index is 12.0. The van der Waals surface area contributed by atoms with Crippen LogP contribution in [0.25, 0.3) is 0 Å². The van der Waals surface area contributed by atoms with Crippen LogP contribution in [0.4, 0.5) is 0 Å². The minimum absolute atomic E-state index is 0.0268. The van der Waals surface area contributed by atoms with Gasteiger partial charge >= 0.3 is 0 Å². The van der Waals surface area contributed by atoms with Crippen LogP contribution in [-0.2, 0) is 9.53 Å². The summed E-state index contributed by atoms with van der Waals surface area (Å²) in [4.78, 5) is 12.0. The fourth-order valence-corrected chi connectivity index (χ4v) is 3.93. The number of ether oxygens (including phenoxy) is 1. The van der Waals surface area contributed by atoms with Crippen LogP contribution in [-0.4, -0.2) is 31.5 Å². The van der Waals surface area contributed by atoms with Crippen molar-refractivity contribution in [3.8, 4) is 0 Å². The lowest BCUT2D eigenvalue weighted by Gasteiger charge is -2.13. The summed E-state index contributed by atoms with van der Waals surface area (Å²) in [5.41, 5.74) is 4.86. The molecule has 5 nitrogen and oxygen atoms in total. The van der Waals surface area contributed by atoms with E-state index >= 15 is 0 Å². The molecule has 1 amide bonds. The van der Waals surface area contributed by atoms with Crippen molar-refractivity contribution in [2.24, 2.45) is 17.1 Å². The van der Waals surface area contributed by atoms with Crippen molar-refractivity contribution >= 4 is 11.7 Å². The number of nitrogens with two attached hydrogens (primary N) is 1. The van der Waals surface area contributed by atoms with Crippen molar-refractivity contribution in [2.45, 2.75) is 89.9 Å². The molecule has 4 N–H and O–H groups in total. The molecule has 2 rings (SSSR count). The molecule has 0 aromatic carbocycles. The van der Waals surface area contributed by atoms with E-state index in [4.69, 9.17) is 15.9 Å². The van der Waals surface area contributed by atoms with E-state index in [9.17, 15) is 4.79 Å². The van der Waals surface area contributed by atoms with Gasteiger partial charge in [0.25, 0.3) is 0 Å². The molecule has 0 heterocycles. The van der Waals surface area contributed by atoms with E-state index < -0.39 is 5.41 Å². The first-order chi connectivity index (χ1) is 12.6. The molecular weight excluding hydrogens is 326 g/mol. The van der Waals surface area contributed by atoms with Gasteiger partial charge in [-0.2, -0.15) is 0 Å². The monoisotopic (exact) mass is 365 g/mol. The smallest absolute Gasteiger partial charge is 0.233 e. The minimum Gasteiger partial charge on any atom is -0.387 e. The van der Waals surface area contributed by atoms with E-state index in [-0.39, 0.29) is 11.7 Å². The van der Waals surface area contributed by atoms with Crippen LogP contribution >= 0.6 is 0 Å². The van der Waals surface area contributed by atoms with Gasteiger partial charge in [0.2, 0.25) is 5.91 Å². The van der Waals surface area contributed by atoms with Crippen molar-refractivity contribution in [1.29, 1.82) is 5.41 Å². The Balaban J connectivity index is 1.29. The third kappa shape index (κ3) is 7.26. The quantitative estimate of drug-likeness (QED) is 0.231. The average molecular weight is 366 g/mol. The molecule has 26 heavy (non-hydrogen) atoms. The normalized spacial score (nSPS) is 18.8. The lowest BCUT2D eigenvalue weighted by molar-refractivity contribution is -0.124. The molecule has 0 saturated heterocycles. The first kappa shape index (κ1) is 21.2. The third-order valence-electron chi connectivity index (χ3n) is 6.03. The highest BCUT2D eigenvalue weighted by Gasteiger charge is 2.52. The largest absolute Gasteiger partial charge is 0.387 e. The summed E-state index contributed by atoms with van der Waals surface area (Å²) in [6.45, 7) is 2.65. The predicted molar refractivity (Wildman–Crippen MR) is 106 cm³/mol. The number of rotatable bonds is 15. The number of amidine groups is 1. The van der Waals surface area contributed by atoms with Gasteiger partial charge in [0.05, 0.1) is 0 Å². The van der Waals surface area contributed by atoms with E-state index in [1.54, 1.807) is 0 Å². The molecule has 2 aliphatic rings. The molecule has 150 valence electrons. The van der Waals surface area contributed by atoms with Crippen LogP contribution in [0.2, 0.25) is 0 Å². The van der Waals surface area contributed by atoms with Gasteiger partial charge in [0.1, 0.15) is 11.3 Å². The third-order valence-corrected chi connectivity index (χ3v) is 6.03. The Hall–Kier alpha value is -1.10. The molecule has 0 radical (unpaired) electrons. The van der Waals surface area contributed by atoms with Gasteiger partial charge in [-0.25, -0.2) is 0 Å². The van der Waals surface area contributed by atoms with Crippen LogP contribution in [0.15, 0.2) is 0 Å². The van der Waals surface area contributed by atoms with E-state index in [0.717, 1.165) is 44.8 Å². The Labute approximate surface area is 159 Å². The molecule has 0 atom stereocenters. The molecule has 2 saturated carbocycles. The summed E-state index contributed by atoms with van der Waals surface area (Å²) >= 11 is 0. The van der Waals surface area contributed by atoms with Gasteiger partial charge in [-0.3, -0.25) is 10.2 Å². The summed E-state index contributed by atoms with van der Waals surface area (Å²) < 4.78 is 5.80. The summed E-state index contributed by atoms with van der Waals surface area (Å²) in [6, 6.07) is 0. The maximum atomic E-state index is 12.0. The fourth-order valence-electron chi connectivity index (χ4n) is 3.93. The molecule has 0 spiro atoms. The number of carbonyl (C=O) groups excluding carboxylic acids is 1. The van der Waals surface area contributed by atoms with Crippen molar-refractivity contribution in [1.82, 2.24) is 5.32 Å². The Morgan fingerprint density at radius 1 is 1.00 bits per heavy atom. The van der Waals surface area contributed by atoms with Crippen LogP contribution in [0, 0.1) is 16.7 Å². The minimum atomic E-state index is -0.652.